The zero-order chi connectivity index (χ0) is 27.7. The Morgan fingerprint density at radius 3 is 2.08 bits per heavy atom. The van der Waals surface area contributed by atoms with Gasteiger partial charge in [0.1, 0.15) is 0 Å². The maximum atomic E-state index is 12.5. The fraction of sp³-hybridized carbons (Fsp3) is 0.333. The van der Waals surface area contributed by atoms with Gasteiger partial charge in [-0.1, -0.05) is 77.9 Å². The molecule has 194 valence electrons. The van der Waals surface area contributed by atoms with Crippen LogP contribution in [0.15, 0.2) is 58.8 Å². The summed E-state index contributed by atoms with van der Waals surface area (Å²) in [6.07, 6.45) is 0.195. The average molecular weight is 496 g/mol. The molecule has 0 bridgehead atoms. The number of hydrogen-bond acceptors (Lipinski definition) is 7. The smallest absolute Gasteiger partial charge is 0.267 e. The lowest BCUT2D eigenvalue weighted by molar-refractivity contribution is -0.133. The molecule has 3 rings (SSSR count). The van der Waals surface area contributed by atoms with Crippen molar-refractivity contribution in [2.24, 2.45) is 10.2 Å². The average Bonchev–Trinajstić information content (AvgIpc) is 3.35. The number of nitrogens with zero attached hydrogens (tertiary/aromatic N) is 4. The van der Waals surface area contributed by atoms with E-state index in [1.165, 1.54) is 13.2 Å². The topological polar surface area (TPSA) is 117 Å². The summed E-state index contributed by atoms with van der Waals surface area (Å²) in [7, 11) is 1.48. The number of aromatic amines is 1. The summed E-state index contributed by atoms with van der Waals surface area (Å²) < 4.78 is 5.27. The normalized spacial score (nSPS) is 9.47. The van der Waals surface area contributed by atoms with Gasteiger partial charge in [0.25, 0.3) is 11.8 Å². The second-order valence-corrected chi connectivity index (χ2v) is 6.27. The standard InChI is InChI=1S/C21H19N5O4.3C2H6/c1-13-16(21(29)26(12-27)14(2)28)10-7-11-17(13)22-24-19-18(23-25-20(19)30-3)15-8-5-4-6-9-15;3*1-2/h4-12H,1-3H3,(H,23,25);3*1-2H3. The molecule has 0 unspecified atom stereocenters. The minimum absolute atomic E-state index is 0.177. The Bertz CT molecular complexity index is 1120. The molecule has 36 heavy (non-hydrogen) atoms. The zero-order valence-corrected chi connectivity index (χ0v) is 22.6. The SMILES string of the molecule is CC.CC.CC.COc1n[nH]c(-c2ccccc2)c1N=Nc1cccc(C(=O)N(C=O)C(C)=O)c1C. The molecule has 0 aliphatic rings. The molecule has 0 saturated heterocycles. The molecule has 3 aromatic rings. The number of ether oxygens (including phenoxy) is 1. The van der Waals surface area contributed by atoms with Gasteiger partial charge < -0.3 is 4.74 Å². The van der Waals surface area contributed by atoms with Crippen molar-refractivity contribution in [1.29, 1.82) is 0 Å². The third kappa shape index (κ3) is 7.97. The van der Waals surface area contributed by atoms with Crippen LogP contribution in [0.4, 0.5) is 11.4 Å². The van der Waals surface area contributed by atoms with Crippen molar-refractivity contribution in [3.8, 4) is 17.1 Å². The number of carbonyl (C=O) groups is 3. The van der Waals surface area contributed by atoms with Gasteiger partial charge in [0.2, 0.25) is 12.3 Å². The maximum absolute atomic E-state index is 12.5. The molecular formula is C27H37N5O4. The first-order valence-electron chi connectivity index (χ1n) is 12.0. The molecule has 9 nitrogen and oxygen atoms in total. The minimum Gasteiger partial charge on any atom is -0.478 e. The van der Waals surface area contributed by atoms with E-state index in [4.69, 9.17) is 4.74 Å². The number of H-pyrrole nitrogens is 1. The third-order valence-electron chi connectivity index (χ3n) is 4.42. The fourth-order valence-electron chi connectivity index (χ4n) is 2.82. The molecule has 0 fully saturated rings. The first-order chi connectivity index (χ1) is 17.5. The molecule has 1 N–H and O–H groups in total. The van der Waals surface area contributed by atoms with Gasteiger partial charge >= 0.3 is 0 Å². The number of methoxy groups -OCH3 is 1. The molecule has 3 amide bonds. The summed E-state index contributed by atoms with van der Waals surface area (Å²) in [4.78, 5) is 35.7. The second kappa shape index (κ2) is 17.3. The number of imide groups is 3. The number of amides is 3. The fourth-order valence-corrected chi connectivity index (χ4v) is 2.82. The van der Waals surface area contributed by atoms with Gasteiger partial charge in [-0.05, 0) is 24.6 Å². The Kier molecular flexibility index (Phi) is 15.3. The lowest BCUT2D eigenvalue weighted by Gasteiger charge is -2.13. The number of carbonyl (C=O) groups excluding carboxylic acids is 3. The van der Waals surface area contributed by atoms with Crippen molar-refractivity contribution in [3.05, 3.63) is 59.7 Å². The predicted octanol–water partition coefficient (Wildman–Crippen LogP) is 7.03. The lowest BCUT2D eigenvalue weighted by atomic mass is 10.1. The van der Waals surface area contributed by atoms with E-state index in [2.05, 4.69) is 20.4 Å². The molecule has 0 aliphatic heterocycles. The van der Waals surface area contributed by atoms with Gasteiger partial charge in [0.15, 0.2) is 5.69 Å². The van der Waals surface area contributed by atoms with E-state index >= 15 is 0 Å². The zero-order valence-electron chi connectivity index (χ0n) is 22.6. The van der Waals surface area contributed by atoms with Gasteiger partial charge in [-0.25, -0.2) is 4.90 Å². The largest absolute Gasteiger partial charge is 0.478 e. The first kappa shape index (κ1) is 31.9. The number of nitrogens with one attached hydrogen (secondary N) is 1. The summed E-state index contributed by atoms with van der Waals surface area (Å²) in [6, 6.07) is 14.2. The first-order valence-corrected chi connectivity index (χ1v) is 12.0. The molecule has 0 aliphatic carbocycles. The van der Waals surface area contributed by atoms with Crippen LogP contribution >= 0.6 is 0 Å². The van der Waals surface area contributed by atoms with E-state index in [-0.39, 0.29) is 17.9 Å². The predicted molar refractivity (Wildman–Crippen MR) is 143 cm³/mol. The van der Waals surface area contributed by atoms with Crippen LogP contribution in [-0.2, 0) is 9.59 Å². The summed E-state index contributed by atoms with van der Waals surface area (Å²) in [6.45, 7) is 14.8. The van der Waals surface area contributed by atoms with Crippen LogP contribution < -0.4 is 4.74 Å². The number of azo groups is 1. The van der Waals surface area contributed by atoms with E-state index < -0.39 is 11.8 Å². The lowest BCUT2D eigenvalue weighted by Crippen LogP contribution is -2.34. The molecule has 2 aromatic carbocycles. The Balaban J connectivity index is 0.00000190. The summed E-state index contributed by atoms with van der Waals surface area (Å²) >= 11 is 0. The van der Waals surface area contributed by atoms with Crippen LogP contribution in [0, 0.1) is 6.92 Å². The third-order valence-corrected chi connectivity index (χ3v) is 4.42. The second-order valence-electron chi connectivity index (χ2n) is 6.27. The van der Waals surface area contributed by atoms with Crippen molar-refractivity contribution in [2.75, 3.05) is 7.11 Å². The van der Waals surface area contributed by atoms with Crippen LogP contribution in [0.5, 0.6) is 5.88 Å². The van der Waals surface area contributed by atoms with Crippen molar-refractivity contribution >= 4 is 29.6 Å². The van der Waals surface area contributed by atoms with Crippen LogP contribution in [-0.4, -0.2) is 40.4 Å². The monoisotopic (exact) mass is 495 g/mol. The van der Waals surface area contributed by atoms with E-state index in [1.54, 1.807) is 19.1 Å². The molecule has 0 spiro atoms. The molecular weight excluding hydrogens is 458 g/mol. The molecule has 1 heterocycles. The number of benzene rings is 2. The Hall–Kier alpha value is -4.14. The highest BCUT2D eigenvalue weighted by atomic mass is 16.5. The number of aromatic nitrogens is 2. The molecule has 1 aromatic heterocycles. The quantitative estimate of drug-likeness (QED) is 0.291. The highest BCUT2D eigenvalue weighted by molar-refractivity contribution is 6.12. The van der Waals surface area contributed by atoms with E-state index in [0.717, 1.165) is 12.5 Å². The van der Waals surface area contributed by atoms with Crippen LogP contribution in [0.2, 0.25) is 0 Å². The van der Waals surface area contributed by atoms with Crippen LogP contribution in [0.3, 0.4) is 0 Å². The highest BCUT2D eigenvalue weighted by Gasteiger charge is 2.22. The molecule has 0 radical (unpaired) electrons. The Morgan fingerprint density at radius 1 is 0.944 bits per heavy atom. The Labute approximate surface area is 213 Å². The van der Waals surface area contributed by atoms with E-state index in [0.29, 0.717) is 27.5 Å². The maximum Gasteiger partial charge on any atom is 0.267 e. The van der Waals surface area contributed by atoms with Gasteiger partial charge in [-0.15, -0.1) is 15.3 Å². The molecule has 0 atom stereocenters. The molecule has 0 saturated carbocycles. The summed E-state index contributed by atoms with van der Waals surface area (Å²) in [5, 5.41) is 15.5. The van der Waals surface area contributed by atoms with Crippen molar-refractivity contribution < 1.29 is 19.1 Å². The van der Waals surface area contributed by atoms with Crippen LogP contribution in [0.25, 0.3) is 11.3 Å². The van der Waals surface area contributed by atoms with Crippen molar-refractivity contribution in [3.63, 3.8) is 0 Å². The molecule has 9 heteroatoms. The number of hydrogen-bond donors (Lipinski definition) is 1. The Morgan fingerprint density at radius 2 is 1.56 bits per heavy atom. The van der Waals surface area contributed by atoms with Crippen LogP contribution in [0.1, 0.15) is 64.4 Å². The van der Waals surface area contributed by atoms with E-state index in [9.17, 15) is 14.4 Å². The summed E-state index contributed by atoms with van der Waals surface area (Å²) in [5.41, 5.74) is 2.94. The highest BCUT2D eigenvalue weighted by Crippen LogP contribution is 2.37. The number of rotatable bonds is 6. The summed E-state index contributed by atoms with van der Waals surface area (Å²) in [5.74, 6) is -1.12. The van der Waals surface area contributed by atoms with E-state index in [1.807, 2.05) is 71.9 Å². The van der Waals surface area contributed by atoms with Gasteiger partial charge in [-0.2, -0.15) is 0 Å². The van der Waals surface area contributed by atoms with Gasteiger partial charge in [-0.3, -0.25) is 19.5 Å². The minimum atomic E-state index is -0.724. The van der Waals surface area contributed by atoms with Crippen molar-refractivity contribution in [1.82, 2.24) is 15.1 Å². The van der Waals surface area contributed by atoms with Gasteiger partial charge in [0.05, 0.1) is 18.5 Å². The van der Waals surface area contributed by atoms with Crippen molar-refractivity contribution in [2.45, 2.75) is 55.4 Å². The van der Waals surface area contributed by atoms with Gasteiger partial charge in [0, 0.05) is 18.1 Å².